The zero-order chi connectivity index (χ0) is 18.4. The summed E-state index contributed by atoms with van der Waals surface area (Å²) in [5, 5.41) is 11.2. The van der Waals surface area contributed by atoms with Crippen LogP contribution in [0, 0.1) is 10.1 Å². The maximum atomic E-state index is 12.2. The number of carbonyl (C=O) groups is 2. The number of ketones is 1. The lowest BCUT2D eigenvalue weighted by Crippen LogP contribution is -2.23. The van der Waals surface area contributed by atoms with E-state index >= 15 is 0 Å². The van der Waals surface area contributed by atoms with Gasteiger partial charge in [-0.15, -0.1) is 0 Å². The van der Waals surface area contributed by atoms with Crippen molar-refractivity contribution in [2.75, 3.05) is 0 Å². The molecular weight excluding hydrogens is 346 g/mol. The molecule has 0 aromatic heterocycles. The zero-order valence-electron chi connectivity index (χ0n) is 13.2. The van der Waals surface area contributed by atoms with Crippen LogP contribution in [-0.4, -0.2) is 22.8 Å². The molecule has 0 aliphatic rings. The first-order chi connectivity index (χ1) is 11.9. The molecule has 0 unspecified atom stereocenters. The van der Waals surface area contributed by atoms with E-state index in [0.29, 0.717) is 16.1 Å². The molecule has 128 valence electrons. The lowest BCUT2D eigenvalue weighted by Gasteiger charge is -2.10. The molecule has 0 aliphatic heterocycles. The van der Waals surface area contributed by atoms with Crippen molar-refractivity contribution in [1.82, 2.24) is 0 Å². The number of hydrogen-bond acceptors (Lipinski definition) is 5. The average Bonchev–Trinajstić information content (AvgIpc) is 2.60. The molecule has 0 saturated carbocycles. The molecule has 2 aromatic carbocycles. The predicted octanol–water partition coefficient (Wildman–Crippen LogP) is 4.08. The van der Waals surface area contributed by atoms with Crippen LogP contribution < -0.4 is 0 Å². The van der Waals surface area contributed by atoms with E-state index < -0.39 is 17.0 Å². The lowest BCUT2D eigenvalue weighted by molar-refractivity contribution is -0.384. The largest absolute Gasteiger partial charge is 0.451 e. The third-order valence-electron chi connectivity index (χ3n) is 3.28. The van der Waals surface area contributed by atoms with E-state index in [1.807, 2.05) is 0 Å². The van der Waals surface area contributed by atoms with Crippen LogP contribution in [-0.2, 0) is 9.53 Å². The van der Waals surface area contributed by atoms with Crippen molar-refractivity contribution >= 4 is 35.1 Å². The zero-order valence-corrected chi connectivity index (χ0v) is 14.0. The number of halogens is 1. The van der Waals surface area contributed by atoms with Gasteiger partial charge in [-0.1, -0.05) is 23.7 Å². The highest BCUT2D eigenvalue weighted by atomic mass is 35.5. The summed E-state index contributed by atoms with van der Waals surface area (Å²) in [5.74, 6) is -1.07. The van der Waals surface area contributed by atoms with E-state index in [2.05, 4.69) is 0 Å². The standard InChI is InChI=1S/C18H14ClNO5/c1-12(18(22)14-6-8-15(19)9-7-14)25-17(21)10-5-13-3-2-4-16(11-13)20(23)24/h2-12H,1H3/b10-5+/t12-/m0/s1. The van der Waals surface area contributed by atoms with Crippen LogP contribution in [0.3, 0.4) is 0 Å². The Labute approximate surface area is 148 Å². The molecule has 0 spiro atoms. The monoisotopic (exact) mass is 359 g/mol. The normalized spacial score (nSPS) is 11.9. The Balaban J connectivity index is 1.99. The van der Waals surface area contributed by atoms with Crippen LogP contribution >= 0.6 is 11.6 Å². The molecule has 2 aromatic rings. The molecule has 0 aliphatic carbocycles. The maximum absolute atomic E-state index is 12.2. The second kappa shape index (κ2) is 8.21. The van der Waals surface area contributed by atoms with Gasteiger partial charge in [-0.05, 0) is 42.8 Å². The molecule has 0 fully saturated rings. The molecule has 7 heteroatoms. The highest BCUT2D eigenvalue weighted by Crippen LogP contribution is 2.15. The van der Waals surface area contributed by atoms with Crippen LogP contribution in [0.5, 0.6) is 0 Å². The number of hydrogen-bond donors (Lipinski definition) is 0. The Kier molecular flexibility index (Phi) is 6.03. The van der Waals surface area contributed by atoms with Gasteiger partial charge in [0.25, 0.3) is 5.69 Å². The molecule has 0 bridgehead atoms. The SMILES string of the molecule is C[C@H](OC(=O)/C=C/c1cccc([N+](=O)[O-])c1)C(=O)c1ccc(Cl)cc1. The number of esters is 1. The molecule has 25 heavy (non-hydrogen) atoms. The molecule has 0 amide bonds. The number of benzene rings is 2. The van der Waals surface area contributed by atoms with Gasteiger partial charge >= 0.3 is 5.97 Å². The number of rotatable bonds is 6. The third-order valence-corrected chi connectivity index (χ3v) is 3.54. The Bertz CT molecular complexity index is 830. The highest BCUT2D eigenvalue weighted by molar-refractivity contribution is 6.30. The minimum Gasteiger partial charge on any atom is -0.451 e. The van der Waals surface area contributed by atoms with Crippen molar-refractivity contribution in [1.29, 1.82) is 0 Å². The minimum atomic E-state index is -0.969. The van der Waals surface area contributed by atoms with Crippen LogP contribution in [0.2, 0.25) is 5.02 Å². The first-order valence-electron chi connectivity index (χ1n) is 7.30. The van der Waals surface area contributed by atoms with Gasteiger partial charge in [0, 0.05) is 28.8 Å². The molecule has 0 N–H and O–H groups in total. The number of Topliss-reactive ketones (excluding diaryl/α,β-unsaturated/α-hetero) is 1. The van der Waals surface area contributed by atoms with E-state index in [0.717, 1.165) is 6.08 Å². The maximum Gasteiger partial charge on any atom is 0.331 e. The second-order valence-corrected chi connectivity index (χ2v) is 5.57. The van der Waals surface area contributed by atoms with Gasteiger partial charge in [-0.25, -0.2) is 4.79 Å². The third kappa shape index (κ3) is 5.26. The fourth-order valence-corrected chi connectivity index (χ4v) is 2.15. The Morgan fingerprint density at radius 3 is 2.52 bits per heavy atom. The molecule has 0 radical (unpaired) electrons. The summed E-state index contributed by atoms with van der Waals surface area (Å²) in [5.41, 5.74) is 0.775. The summed E-state index contributed by atoms with van der Waals surface area (Å²) in [6, 6.07) is 12.0. The average molecular weight is 360 g/mol. The fourth-order valence-electron chi connectivity index (χ4n) is 2.02. The number of nitrogens with zero attached hydrogens (tertiary/aromatic N) is 1. The van der Waals surface area contributed by atoms with Crippen molar-refractivity contribution in [3.63, 3.8) is 0 Å². The van der Waals surface area contributed by atoms with E-state index in [-0.39, 0.29) is 11.5 Å². The number of nitro benzene ring substituents is 1. The summed E-state index contributed by atoms with van der Waals surface area (Å²) in [6.07, 6.45) is 1.53. The molecule has 0 heterocycles. The van der Waals surface area contributed by atoms with Crippen molar-refractivity contribution in [3.05, 3.63) is 80.9 Å². The Hall–Kier alpha value is -2.99. The number of nitro groups is 1. The van der Waals surface area contributed by atoms with Gasteiger partial charge in [-0.2, -0.15) is 0 Å². The van der Waals surface area contributed by atoms with Crippen LogP contribution in [0.4, 0.5) is 5.69 Å². The summed E-state index contributed by atoms with van der Waals surface area (Å²) in [6.45, 7) is 1.47. The van der Waals surface area contributed by atoms with Gasteiger partial charge in [-0.3, -0.25) is 14.9 Å². The minimum absolute atomic E-state index is 0.0817. The summed E-state index contributed by atoms with van der Waals surface area (Å²) < 4.78 is 5.05. The van der Waals surface area contributed by atoms with Crippen molar-refractivity contribution < 1.29 is 19.2 Å². The van der Waals surface area contributed by atoms with Crippen molar-refractivity contribution in [2.24, 2.45) is 0 Å². The quantitative estimate of drug-likeness (QED) is 0.255. The van der Waals surface area contributed by atoms with Crippen molar-refractivity contribution in [2.45, 2.75) is 13.0 Å². The summed E-state index contributed by atoms with van der Waals surface area (Å²) >= 11 is 5.76. The summed E-state index contributed by atoms with van der Waals surface area (Å²) in [7, 11) is 0. The van der Waals surface area contributed by atoms with Crippen LogP contribution in [0.25, 0.3) is 6.08 Å². The van der Waals surface area contributed by atoms with E-state index in [1.165, 1.54) is 31.2 Å². The molecule has 1 atom stereocenters. The first-order valence-corrected chi connectivity index (χ1v) is 7.67. The molecule has 0 saturated heterocycles. The smallest absolute Gasteiger partial charge is 0.331 e. The second-order valence-electron chi connectivity index (χ2n) is 5.14. The number of ether oxygens (including phenoxy) is 1. The predicted molar refractivity (Wildman–Crippen MR) is 93.5 cm³/mol. The number of carbonyl (C=O) groups excluding carboxylic acids is 2. The van der Waals surface area contributed by atoms with E-state index in [4.69, 9.17) is 16.3 Å². The topological polar surface area (TPSA) is 86.5 Å². The Morgan fingerprint density at radius 2 is 1.88 bits per heavy atom. The lowest BCUT2D eigenvalue weighted by atomic mass is 10.1. The van der Waals surface area contributed by atoms with Crippen LogP contribution in [0.15, 0.2) is 54.6 Å². The fraction of sp³-hybridized carbons (Fsp3) is 0.111. The summed E-state index contributed by atoms with van der Waals surface area (Å²) in [4.78, 5) is 34.2. The van der Waals surface area contributed by atoms with Gasteiger partial charge in [0.2, 0.25) is 5.78 Å². The Morgan fingerprint density at radius 1 is 1.20 bits per heavy atom. The van der Waals surface area contributed by atoms with Crippen molar-refractivity contribution in [3.8, 4) is 0 Å². The van der Waals surface area contributed by atoms with E-state index in [9.17, 15) is 19.7 Å². The van der Waals surface area contributed by atoms with Gasteiger partial charge in [0.15, 0.2) is 6.10 Å². The molecule has 2 rings (SSSR count). The number of non-ortho nitro benzene ring substituents is 1. The first kappa shape index (κ1) is 18.4. The van der Waals surface area contributed by atoms with Gasteiger partial charge in [0.05, 0.1) is 4.92 Å². The molecular formula is C18H14ClNO5. The molecule has 6 nitrogen and oxygen atoms in total. The van der Waals surface area contributed by atoms with Crippen LogP contribution in [0.1, 0.15) is 22.8 Å². The van der Waals surface area contributed by atoms with Gasteiger partial charge < -0.3 is 4.74 Å². The van der Waals surface area contributed by atoms with Gasteiger partial charge in [0.1, 0.15) is 0 Å². The highest BCUT2D eigenvalue weighted by Gasteiger charge is 2.18. The van der Waals surface area contributed by atoms with E-state index in [1.54, 1.807) is 30.3 Å².